The van der Waals surface area contributed by atoms with E-state index in [0.717, 1.165) is 18.2 Å². The summed E-state index contributed by atoms with van der Waals surface area (Å²) in [5, 5.41) is 12.7. The molecule has 0 aliphatic heterocycles. The van der Waals surface area contributed by atoms with Crippen molar-refractivity contribution >= 4 is 17.8 Å². The van der Waals surface area contributed by atoms with Gasteiger partial charge in [0.1, 0.15) is 17.2 Å². The molecule has 4 amide bonds. The molecule has 0 heterocycles. The molecule has 0 saturated carbocycles. The van der Waals surface area contributed by atoms with E-state index in [0.29, 0.717) is 5.56 Å². The molecule has 0 spiro atoms. The third-order valence-electron chi connectivity index (χ3n) is 3.19. The Morgan fingerprint density at radius 2 is 1.52 bits per heavy atom. The van der Waals surface area contributed by atoms with E-state index in [1.165, 1.54) is 29.7 Å². The number of carbonyl (C=O) groups is 3. The first-order valence-corrected chi connectivity index (χ1v) is 6.99. The maximum Gasteiger partial charge on any atom is 0.321 e. The fraction of sp³-hybridized carbons (Fsp3) is 0.0625. The van der Waals surface area contributed by atoms with E-state index in [9.17, 15) is 23.2 Å². The Kier molecular flexibility index (Phi) is 5.75. The minimum absolute atomic E-state index is 0.000108. The molecule has 130 valence electrons. The molecular weight excluding hydrogens is 336 g/mol. The lowest BCUT2D eigenvalue weighted by Crippen LogP contribution is -2.39. The number of rotatable bonds is 4. The highest BCUT2D eigenvalue weighted by atomic mass is 19.1. The van der Waals surface area contributed by atoms with Gasteiger partial charge >= 0.3 is 6.03 Å². The number of benzene rings is 2. The molecule has 25 heavy (non-hydrogen) atoms. The van der Waals surface area contributed by atoms with Gasteiger partial charge in [0.2, 0.25) is 0 Å². The molecule has 9 heteroatoms. The molecule has 0 saturated heterocycles. The largest absolute Gasteiger partial charge is 0.334 e. The smallest absolute Gasteiger partial charge is 0.321 e. The second kappa shape index (κ2) is 7.97. The third-order valence-corrected chi connectivity index (χ3v) is 3.19. The SMILES string of the molecule is O=C(NCc1ccc(C(=O)NO)cc1)NC(=O)c1c(F)cccc1F. The van der Waals surface area contributed by atoms with Crippen LogP contribution in [0.2, 0.25) is 0 Å². The first-order valence-electron chi connectivity index (χ1n) is 6.99. The van der Waals surface area contributed by atoms with Crippen molar-refractivity contribution in [3.63, 3.8) is 0 Å². The number of hydrogen-bond donors (Lipinski definition) is 4. The van der Waals surface area contributed by atoms with E-state index >= 15 is 0 Å². The molecule has 0 aromatic heterocycles. The highest BCUT2D eigenvalue weighted by Crippen LogP contribution is 2.11. The van der Waals surface area contributed by atoms with Crippen molar-refractivity contribution in [2.45, 2.75) is 6.54 Å². The average Bonchev–Trinajstić information content (AvgIpc) is 2.59. The van der Waals surface area contributed by atoms with Crippen LogP contribution in [0.1, 0.15) is 26.3 Å². The molecule has 2 aromatic carbocycles. The number of halogens is 2. The Balaban J connectivity index is 1.92. The summed E-state index contributed by atoms with van der Waals surface area (Å²) in [6.07, 6.45) is 0. The lowest BCUT2D eigenvalue weighted by atomic mass is 10.1. The van der Waals surface area contributed by atoms with Gasteiger partial charge < -0.3 is 5.32 Å². The van der Waals surface area contributed by atoms with Crippen molar-refractivity contribution < 1.29 is 28.4 Å². The van der Waals surface area contributed by atoms with Crippen molar-refractivity contribution in [2.75, 3.05) is 0 Å². The maximum atomic E-state index is 13.5. The number of carbonyl (C=O) groups excluding carboxylic acids is 3. The molecule has 0 bridgehead atoms. The molecule has 2 aromatic rings. The molecule has 2 rings (SSSR count). The molecule has 0 fully saturated rings. The lowest BCUT2D eigenvalue weighted by Gasteiger charge is -2.08. The lowest BCUT2D eigenvalue weighted by molar-refractivity contribution is 0.0706. The number of nitrogens with one attached hydrogen (secondary N) is 3. The molecule has 7 nitrogen and oxygen atoms in total. The fourth-order valence-electron chi connectivity index (χ4n) is 1.95. The van der Waals surface area contributed by atoms with E-state index in [1.54, 1.807) is 0 Å². The van der Waals surface area contributed by atoms with Crippen LogP contribution in [0.25, 0.3) is 0 Å². The van der Waals surface area contributed by atoms with Gasteiger partial charge in [-0.25, -0.2) is 19.1 Å². The van der Waals surface area contributed by atoms with Gasteiger partial charge in [-0.3, -0.25) is 20.1 Å². The molecule has 0 radical (unpaired) electrons. The van der Waals surface area contributed by atoms with Crippen molar-refractivity contribution in [1.82, 2.24) is 16.1 Å². The van der Waals surface area contributed by atoms with Crippen molar-refractivity contribution in [1.29, 1.82) is 0 Å². The molecule has 0 unspecified atom stereocenters. The zero-order valence-corrected chi connectivity index (χ0v) is 12.7. The van der Waals surface area contributed by atoms with Gasteiger partial charge in [-0.1, -0.05) is 18.2 Å². The van der Waals surface area contributed by atoms with Gasteiger partial charge in [0, 0.05) is 12.1 Å². The Morgan fingerprint density at radius 3 is 2.08 bits per heavy atom. The van der Waals surface area contributed by atoms with E-state index in [4.69, 9.17) is 5.21 Å². The summed E-state index contributed by atoms with van der Waals surface area (Å²) in [7, 11) is 0. The predicted molar refractivity (Wildman–Crippen MR) is 81.8 cm³/mol. The number of imide groups is 1. The van der Waals surface area contributed by atoms with Crippen LogP contribution in [-0.4, -0.2) is 23.1 Å². The second-order valence-electron chi connectivity index (χ2n) is 4.87. The Hall–Kier alpha value is -3.33. The summed E-state index contributed by atoms with van der Waals surface area (Å²) in [5.41, 5.74) is 1.43. The van der Waals surface area contributed by atoms with Crippen LogP contribution >= 0.6 is 0 Å². The quantitative estimate of drug-likeness (QED) is 0.498. The van der Waals surface area contributed by atoms with Crippen molar-refractivity contribution in [3.05, 3.63) is 70.8 Å². The summed E-state index contributed by atoms with van der Waals surface area (Å²) in [6, 6.07) is 7.83. The summed E-state index contributed by atoms with van der Waals surface area (Å²) in [4.78, 5) is 34.6. The van der Waals surface area contributed by atoms with Crippen LogP contribution in [0.5, 0.6) is 0 Å². The monoisotopic (exact) mass is 349 g/mol. The highest BCUT2D eigenvalue weighted by molar-refractivity contribution is 6.04. The van der Waals surface area contributed by atoms with Gasteiger partial charge in [-0.15, -0.1) is 0 Å². The van der Waals surface area contributed by atoms with E-state index < -0.39 is 35.0 Å². The zero-order chi connectivity index (χ0) is 18.4. The zero-order valence-electron chi connectivity index (χ0n) is 12.7. The predicted octanol–water partition coefficient (Wildman–Crippen LogP) is 1.72. The summed E-state index contributed by atoms with van der Waals surface area (Å²) < 4.78 is 26.9. The Bertz CT molecular complexity index is 789. The standard InChI is InChI=1S/C16H13F2N3O4/c17-11-2-1-3-12(18)13(11)15(23)20-16(24)19-8-9-4-6-10(7-5-9)14(22)21-25/h1-7,25H,8H2,(H,21,22)(H2,19,20,23,24). The van der Waals surface area contributed by atoms with Crippen molar-refractivity contribution in [2.24, 2.45) is 0 Å². The molecular formula is C16H13F2N3O4. The maximum absolute atomic E-state index is 13.5. The van der Waals surface area contributed by atoms with Gasteiger partial charge in [-0.05, 0) is 29.8 Å². The number of amides is 4. The van der Waals surface area contributed by atoms with Crippen molar-refractivity contribution in [3.8, 4) is 0 Å². The van der Waals surface area contributed by atoms with Crippen LogP contribution in [0.15, 0.2) is 42.5 Å². The summed E-state index contributed by atoms with van der Waals surface area (Å²) in [6.45, 7) is -0.000108. The van der Waals surface area contributed by atoms with Crippen LogP contribution in [0, 0.1) is 11.6 Å². The minimum atomic E-state index is -1.21. The van der Waals surface area contributed by atoms with Gasteiger partial charge in [0.05, 0.1) is 0 Å². The fourth-order valence-corrected chi connectivity index (χ4v) is 1.95. The topological polar surface area (TPSA) is 108 Å². The van der Waals surface area contributed by atoms with E-state index in [1.807, 2.05) is 5.32 Å². The van der Waals surface area contributed by atoms with E-state index in [2.05, 4.69) is 5.32 Å². The second-order valence-corrected chi connectivity index (χ2v) is 4.87. The van der Waals surface area contributed by atoms with E-state index in [-0.39, 0.29) is 12.1 Å². The first-order chi connectivity index (χ1) is 11.9. The minimum Gasteiger partial charge on any atom is -0.334 e. The Morgan fingerprint density at radius 1 is 0.920 bits per heavy atom. The summed E-state index contributed by atoms with van der Waals surface area (Å²) >= 11 is 0. The normalized spacial score (nSPS) is 10.0. The molecule has 0 aliphatic rings. The molecule has 4 N–H and O–H groups in total. The summed E-state index contributed by atoms with van der Waals surface area (Å²) in [5.74, 6) is -4.05. The van der Waals surface area contributed by atoms with Gasteiger partial charge in [0.15, 0.2) is 0 Å². The molecule has 0 aliphatic carbocycles. The van der Waals surface area contributed by atoms with Crippen LogP contribution < -0.4 is 16.1 Å². The number of urea groups is 1. The van der Waals surface area contributed by atoms with Crippen LogP contribution in [0.3, 0.4) is 0 Å². The number of hydroxylamine groups is 1. The first kappa shape index (κ1) is 18.0. The van der Waals surface area contributed by atoms with Gasteiger partial charge in [0.25, 0.3) is 11.8 Å². The van der Waals surface area contributed by atoms with Crippen LogP contribution in [0.4, 0.5) is 13.6 Å². The average molecular weight is 349 g/mol. The van der Waals surface area contributed by atoms with Crippen LogP contribution in [-0.2, 0) is 6.54 Å². The Labute approximate surface area is 140 Å². The number of hydrogen-bond acceptors (Lipinski definition) is 4. The highest BCUT2D eigenvalue weighted by Gasteiger charge is 2.18. The van der Waals surface area contributed by atoms with Gasteiger partial charge in [-0.2, -0.15) is 0 Å². The molecule has 0 atom stereocenters. The third kappa shape index (κ3) is 4.58.